The van der Waals surface area contributed by atoms with Crippen molar-refractivity contribution < 1.29 is 9.59 Å². The predicted octanol–water partition coefficient (Wildman–Crippen LogP) is 2.47. The van der Waals surface area contributed by atoms with Crippen LogP contribution in [0.15, 0.2) is 48.5 Å². The highest BCUT2D eigenvalue weighted by Crippen LogP contribution is 2.22. The van der Waals surface area contributed by atoms with E-state index in [1.54, 1.807) is 36.4 Å². The molecule has 0 spiro atoms. The Bertz CT molecular complexity index is 732. The molecule has 2 aromatic rings. The topological polar surface area (TPSA) is 70.2 Å². The summed E-state index contributed by atoms with van der Waals surface area (Å²) in [7, 11) is 0. The van der Waals surface area contributed by atoms with Crippen molar-refractivity contribution in [1.29, 1.82) is 0 Å². The van der Waals surface area contributed by atoms with E-state index >= 15 is 0 Å². The molecule has 0 aliphatic carbocycles. The highest BCUT2D eigenvalue weighted by Gasteiger charge is 2.36. The van der Waals surface area contributed by atoms with Crippen molar-refractivity contribution in [2.75, 3.05) is 0 Å². The Morgan fingerprint density at radius 1 is 0.957 bits per heavy atom. The molecule has 5 nitrogen and oxygen atoms in total. The van der Waals surface area contributed by atoms with Crippen molar-refractivity contribution in [2.45, 2.75) is 12.1 Å². The van der Waals surface area contributed by atoms with Gasteiger partial charge in [-0.25, -0.2) is 5.43 Å². The van der Waals surface area contributed by atoms with Crippen molar-refractivity contribution in [3.8, 4) is 0 Å². The second kappa shape index (κ2) is 6.58. The van der Waals surface area contributed by atoms with Gasteiger partial charge in [-0.3, -0.25) is 15.0 Å². The van der Waals surface area contributed by atoms with Gasteiger partial charge in [0, 0.05) is 15.6 Å². The van der Waals surface area contributed by atoms with Gasteiger partial charge in [-0.1, -0.05) is 35.3 Å². The number of benzene rings is 2. The van der Waals surface area contributed by atoms with Crippen molar-refractivity contribution in [3.05, 3.63) is 69.7 Å². The summed E-state index contributed by atoms with van der Waals surface area (Å²) in [5.74, 6) is -0.642. The normalized spacial score (nSPS) is 20.2. The van der Waals surface area contributed by atoms with Gasteiger partial charge in [0.25, 0.3) is 11.8 Å². The first-order chi connectivity index (χ1) is 11.0. The molecule has 0 radical (unpaired) electrons. The largest absolute Gasteiger partial charge is 0.338 e. The molecule has 2 amide bonds. The fraction of sp³-hybridized carbons (Fsp3) is 0.125. The predicted molar refractivity (Wildman–Crippen MR) is 88.2 cm³/mol. The minimum atomic E-state index is -0.723. The van der Waals surface area contributed by atoms with Crippen molar-refractivity contribution in [3.63, 3.8) is 0 Å². The second-order valence-electron chi connectivity index (χ2n) is 5.12. The Labute approximate surface area is 142 Å². The van der Waals surface area contributed by atoms with E-state index in [1.807, 2.05) is 12.1 Å². The van der Waals surface area contributed by atoms with Crippen LogP contribution in [0.4, 0.5) is 0 Å². The van der Waals surface area contributed by atoms with Gasteiger partial charge in [-0.2, -0.15) is 0 Å². The first kappa shape index (κ1) is 15.8. The lowest BCUT2D eigenvalue weighted by atomic mass is 10.0. The maximum atomic E-state index is 12.3. The van der Waals surface area contributed by atoms with E-state index in [-0.39, 0.29) is 17.9 Å². The van der Waals surface area contributed by atoms with Gasteiger partial charge >= 0.3 is 0 Å². The lowest BCUT2D eigenvalue weighted by Crippen LogP contribution is -2.42. The third kappa shape index (κ3) is 3.47. The van der Waals surface area contributed by atoms with Crippen molar-refractivity contribution >= 4 is 35.0 Å². The van der Waals surface area contributed by atoms with E-state index in [9.17, 15) is 9.59 Å². The minimum Gasteiger partial charge on any atom is -0.338 e. The van der Waals surface area contributed by atoms with Crippen LogP contribution >= 0.6 is 23.2 Å². The third-order valence-electron chi connectivity index (χ3n) is 3.59. The van der Waals surface area contributed by atoms with Crippen LogP contribution in [0, 0.1) is 0 Å². The molecule has 1 saturated heterocycles. The molecule has 0 saturated carbocycles. The molecule has 1 fully saturated rings. The van der Waals surface area contributed by atoms with Crippen LogP contribution in [-0.4, -0.2) is 17.9 Å². The number of hydrogen-bond acceptors (Lipinski definition) is 3. The van der Waals surface area contributed by atoms with E-state index in [0.717, 1.165) is 5.56 Å². The molecular weight excluding hydrogens is 337 g/mol. The Kier molecular flexibility index (Phi) is 4.52. The fourth-order valence-corrected chi connectivity index (χ4v) is 2.63. The van der Waals surface area contributed by atoms with Crippen molar-refractivity contribution in [1.82, 2.24) is 16.2 Å². The second-order valence-corrected chi connectivity index (χ2v) is 5.99. The Balaban J connectivity index is 1.78. The molecule has 0 bridgehead atoms. The number of amides is 2. The van der Waals surface area contributed by atoms with E-state index in [2.05, 4.69) is 16.2 Å². The summed E-state index contributed by atoms with van der Waals surface area (Å²) in [6, 6.07) is 12.4. The SMILES string of the molecule is O=C(N[C@H]1C(=O)NN[C@@H]1c1ccc(Cl)cc1)c1ccc(Cl)cc1. The number of carbonyl (C=O) groups is 2. The van der Waals surface area contributed by atoms with Crippen LogP contribution in [0.3, 0.4) is 0 Å². The van der Waals surface area contributed by atoms with Crippen LogP contribution in [0.2, 0.25) is 10.0 Å². The first-order valence-electron chi connectivity index (χ1n) is 6.92. The zero-order valence-electron chi connectivity index (χ0n) is 11.8. The highest BCUT2D eigenvalue weighted by molar-refractivity contribution is 6.30. The summed E-state index contributed by atoms with van der Waals surface area (Å²) in [6.45, 7) is 0. The summed E-state index contributed by atoms with van der Waals surface area (Å²) in [4.78, 5) is 24.3. The summed E-state index contributed by atoms with van der Waals surface area (Å²) in [5, 5.41) is 3.88. The number of hydrogen-bond donors (Lipinski definition) is 3. The standard InChI is InChI=1S/C16H13Cl2N3O2/c17-11-5-1-9(2-6-11)13-14(16(23)21-20-13)19-15(22)10-3-7-12(18)8-4-10/h1-8,13-14,20H,(H,19,22)(H,21,23)/t13-,14-/m1/s1. The van der Waals surface area contributed by atoms with E-state index < -0.39 is 6.04 Å². The van der Waals surface area contributed by atoms with Gasteiger partial charge in [0.2, 0.25) is 0 Å². The van der Waals surface area contributed by atoms with Gasteiger partial charge in [0.15, 0.2) is 0 Å². The quantitative estimate of drug-likeness (QED) is 0.797. The molecule has 2 aromatic carbocycles. The van der Waals surface area contributed by atoms with E-state index in [1.165, 1.54) is 0 Å². The molecule has 0 aromatic heterocycles. The lowest BCUT2D eigenvalue weighted by Gasteiger charge is -2.18. The minimum absolute atomic E-state index is 0.299. The smallest absolute Gasteiger partial charge is 0.258 e. The van der Waals surface area contributed by atoms with E-state index in [0.29, 0.717) is 15.6 Å². The number of carbonyl (C=O) groups excluding carboxylic acids is 2. The van der Waals surface area contributed by atoms with Gasteiger partial charge < -0.3 is 5.32 Å². The molecule has 7 heteroatoms. The van der Waals surface area contributed by atoms with Gasteiger partial charge in [0.05, 0.1) is 6.04 Å². The molecule has 1 aliphatic rings. The van der Waals surface area contributed by atoms with Gasteiger partial charge in [-0.15, -0.1) is 0 Å². The molecule has 0 unspecified atom stereocenters. The zero-order valence-corrected chi connectivity index (χ0v) is 13.4. The van der Waals surface area contributed by atoms with Crippen LogP contribution in [-0.2, 0) is 4.79 Å². The molecule has 2 atom stereocenters. The third-order valence-corrected chi connectivity index (χ3v) is 4.09. The van der Waals surface area contributed by atoms with Crippen LogP contribution < -0.4 is 16.2 Å². The molecule has 118 valence electrons. The molecule has 3 N–H and O–H groups in total. The van der Waals surface area contributed by atoms with Gasteiger partial charge in [0.1, 0.15) is 6.04 Å². The summed E-state index contributed by atoms with van der Waals surface area (Å²) < 4.78 is 0. The zero-order chi connectivity index (χ0) is 16.4. The lowest BCUT2D eigenvalue weighted by molar-refractivity contribution is -0.121. The maximum absolute atomic E-state index is 12.3. The van der Waals surface area contributed by atoms with Gasteiger partial charge in [-0.05, 0) is 42.0 Å². The molecule has 1 aliphatic heterocycles. The Morgan fingerprint density at radius 2 is 1.52 bits per heavy atom. The Hall–Kier alpha value is -2.08. The molecule has 23 heavy (non-hydrogen) atoms. The number of hydrazine groups is 1. The number of rotatable bonds is 3. The number of halogens is 2. The Morgan fingerprint density at radius 3 is 2.13 bits per heavy atom. The summed E-state index contributed by atoms with van der Waals surface area (Å²) in [6.07, 6.45) is 0. The maximum Gasteiger partial charge on any atom is 0.258 e. The average Bonchev–Trinajstić information content (AvgIpc) is 2.90. The number of nitrogens with one attached hydrogen (secondary N) is 3. The highest BCUT2D eigenvalue weighted by atomic mass is 35.5. The fourth-order valence-electron chi connectivity index (χ4n) is 2.38. The summed E-state index contributed by atoms with van der Waals surface area (Å²) in [5.41, 5.74) is 6.70. The van der Waals surface area contributed by atoms with Crippen LogP contribution in [0.1, 0.15) is 22.0 Å². The average molecular weight is 350 g/mol. The van der Waals surface area contributed by atoms with E-state index in [4.69, 9.17) is 23.2 Å². The monoisotopic (exact) mass is 349 g/mol. The van der Waals surface area contributed by atoms with Crippen LogP contribution in [0.25, 0.3) is 0 Å². The van der Waals surface area contributed by atoms with Crippen molar-refractivity contribution in [2.24, 2.45) is 0 Å². The van der Waals surface area contributed by atoms with Crippen LogP contribution in [0.5, 0.6) is 0 Å². The molecular formula is C16H13Cl2N3O2. The molecule has 3 rings (SSSR count). The first-order valence-corrected chi connectivity index (χ1v) is 7.67. The molecule has 1 heterocycles. The summed E-state index contributed by atoms with van der Waals surface area (Å²) >= 11 is 11.7.